The zero-order valence-corrected chi connectivity index (χ0v) is 11.3. The van der Waals surface area contributed by atoms with Gasteiger partial charge in [0.25, 0.3) is 0 Å². The van der Waals surface area contributed by atoms with Crippen LogP contribution < -0.4 is 11.1 Å². The van der Waals surface area contributed by atoms with Crippen LogP contribution >= 0.6 is 0 Å². The summed E-state index contributed by atoms with van der Waals surface area (Å²) in [6.07, 6.45) is 2.35. The third-order valence-electron chi connectivity index (χ3n) is 2.51. The number of benzene rings is 1. The van der Waals surface area contributed by atoms with Crippen molar-refractivity contribution in [1.82, 2.24) is 0 Å². The van der Waals surface area contributed by atoms with E-state index in [2.05, 4.69) is 5.32 Å². The molecule has 1 aromatic carbocycles. The van der Waals surface area contributed by atoms with Crippen LogP contribution in [0.5, 0.6) is 0 Å². The highest BCUT2D eigenvalue weighted by atomic mass is 32.2. The minimum Gasteiger partial charge on any atom is -0.478 e. The van der Waals surface area contributed by atoms with Gasteiger partial charge in [0.2, 0.25) is 0 Å². The molecule has 18 heavy (non-hydrogen) atoms. The van der Waals surface area contributed by atoms with Crippen LogP contribution in [0.4, 0.5) is 11.4 Å². The maximum Gasteiger partial charge on any atom is 0.337 e. The second-order valence-electron chi connectivity index (χ2n) is 4.22. The van der Waals surface area contributed by atoms with Gasteiger partial charge in [0.05, 0.1) is 11.3 Å². The molecule has 0 aliphatic carbocycles. The van der Waals surface area contributed by atoms with Crippen molar-refractivity contribution in [1.29, 1.82) is 0 Å². The average Bonchev–Trinajstić information content (AvgIpc) is 2.26. The zero-order chi connectivity index (χ0) is 13.7. The van der Waals surface area contributed by atoms with Crippen molar-refractivity contribution in [2.75, 3.05) is 23.1 Å². The minimum atomic E-state index is -0.997. The Labute approximate surface area is 109 Å². The topological polar surface area (TPSA) is 92.4 Å². The van der Waals surface area contributed by atoms with Gasteiger partial charge in [0, 0.05) is 34.5 Å². The Morgan fingerprint density at radius 1 is 1.56 bits per heavy atom. The van der Waals surface area contributed by atoms with Gasteiger partial charge in [-0.2, -0.15) is 0 Å². The molecular weight excluding hydrogens is 252 g/mol. The van der Waals surface area contributed by atoms with E-state index in [-0.39, 0.29) is 11.6 Å². The molecule has 0 saturated heterocycles. The largest absolute Gasteiger partial charge is 0.478 e. The fraction of sp³-hybridized carbons (Fsp3) is 0.417. The molecule has 6 heteroatoms. The number of carboxylic acid groups (broad SMARTS) is 1. The SMILES string of the molecule is CC(CCS(C)=O)Nc1cc(N)ccc1C(=O)O. The maximum atomic E-state index is 11.1. The molecule has 5 nitrogen and oxygen atoms in total. The Morgan fingerprint density at radius 2 is 2.22 bits per heavy atom. The van der Waals surface area contributed by atoms with Crippen LogP contribution in [-0.4, -0.2) is 33.3 Å². The summed E-state index contributed by atoms with van der Waals surface area (Å²) in [5.41, 5.74) is 6.84. The van der Waals surface area contributed by atoms with Gasteiger partial charge < -0.3 is 16.2 Å². The van der Waals surface area contributed by atoms with Gasteiger partial charge in [-0.3, -0.25) is 4.21 Å². The summed E-state index contributed by atoms with van der Waals surface area (Å²) in [4.78, 5) is 11.1. The predicted molar refractivity (Wildman–Crippen MR) is 74.4 cm³/mol. The van der Waals surface area contributed by atoms with E-state index >= 15 is 0 Å². The monoisotopic (exact) mass is 270 g/mol. The number of hydrogen-bond donors (Lipinski definition) is 3. The smallest absolute Gasteiger partial charge is 0.337 e. The number of aromatic carboxylic acids is 1. The molecule has 1 aromatic rings. The van der Waals surface area contributed by atoms with Gasteiger partial charge in [-0.15, -0.1) is 0 Å². The second-order valence-corrected chi connectivity index (χ2v) is 5.78. The lowest BCUT2D eigenvalue weighted by molar-refractivity contribution is 0.0698. The van der Waals surface area contributed by atoms with Crippen molar-refractivity contribution in [2.45, 2.75) is 19.4 Å². The zero-order valence-electron chi connectivity index (χ0n) is 10.5. The number of nitrogen functional groups attached to an aromatic ring is 1. The molecule has 0 aromatic heterocycles. The van der Waals surface area contributed by atoms with E-state index in [4.69, 9.17) is 10.8 Å². The van der Waals surface area contributed by atoms with Crippen molar-refractivity contribution < 1.29 is 14.1 Å². The van der Waals surface area contributed by atoms with Gasteiger partial charge in [0.1, 0.15) is 0 Å². The Morgan fingerprint density at radius 3 is 2.78 bits per heavy atom. The normalized spacial score (nSPS) is 13.9. The van der Waals surface area contributed by atoms with Crippen LogP contribution in [0.3, 0.4) is 0 Å². The summed E-state index contributed by atoms with van der Waals surface area (Å²) >= 11 is 0. The van der Waals surface area contributed by atoms with E-state index in [1.165, 1.54) is 6.07 Å². The first-order valence-electron chi connectivity index (χ1n) is 5.59. The molecule has 0 saturated carbocycles. The van der Waals surface area contributed by atoms with E-state index < -0.39 is 16.8 Å². The number of anilines is 2. The molecule has 0 aliphatic heterocycles. The summed E-state index contributed by atoms with van der Waals surface area (Å²) in [5, 5.41) is 12.2. The molecule has 0 amide bonds. The van der Waals surface area contributed by atoms with Crippen LogP contribution in [0, 0.1) is 0 Å². The number of carbonyl (C=O) groups is 1. The molecule has 0 aliphatic rings. The molecule has 100 valence electrons. The second kappa shape index (κ2) is 6.39. The van der Waals surface area contributed by atoms with E-state index in [1.54, 1.807) is 18.4 Å². The maximum absolute atomic E-state index is 11.1. The first-order chi connectivity index (χ1) is 8.40. The number of hydrogen-bond acceptors (Lipinski definition) is 4. The van der Waals surface area contributed by atoms with E-state index in [1.807, 2.05) is 6.92 Å². The number of nitrogens with one attached hydrogen (secondary N) is 1. The highest BCUT2D eigenvalue weighted by Crippen LogP contribution is 2.20. The van der Waals surface area contributed by atoms with E-state index in [0.717, 1.165) is 0 Å². The molecule has 0 fully saturated rings. The Balaban J connectivity index is 2.79. The van der Waals surface area contributed by atoms with Crippen LogP contribution in [0.25, 0.3) is 0 Å². The highest BCUT2D eigenvalue weighted by Gasteiger charge is 2.12. The third kappa shape index (κ3) is 4.37. The lowest BCUT2D eigenvalue weighted by atomic mass is 10.1. The van der Waals surface area contributed by atoms with E-state index in [9.17, 15) is 9.00 Å². The van der Waals surface area contributed by atoms with Crippen LogP contribution in [-0.2, 0) is 10.8 Å². The van der Waals surface area contributed by atoms with Crippen molar-refractivity contribution in [2.24, 2.45) is 0 Å². The van der Waals surface area contributed by atoms with Crippen LogP contribution in [0.2, 0.25) is 0 Å². The molecular formula is C12H18N2O3S. The fourth-order valence-corrected chi connectivity index (χ4v) is 2.23. The summed E-state index contributed by atoms with van der Waals surface area (Å²) < 4.78 is 11.0. The number of nitrogens with two attached hydrogens (primary N) is 1. The number of carboxylic acids is 1. The molecule has 2 atom stereocenters. The van der Waals surface area contributed by atoms with Gasteiger partial charge in [-0.05, 0) is 31.5 Å². The predicted octanol–water partition coefficient (Wildman–Crippen LogP) is 1.54. The van der Waals surface area contributed by atoms with Crippen molar-refractivity contribution >= 4 is 28.1 Å². The summed E-state index contributed by atoms with van der Waals surface area (Å²) in [6.45, 7) is 1.92. The van der Waals surface area contributed by atoms with E-state index in [0.29, 0.717) is 23.5 Å². The van der Waals surface area contributed by atoms with Crippen molar-refractivity contribution in [3.63, 3.8) is 0 Å². The van der Waals surface area contributed by atoms with Crippen molar-refractivity contribution in [3.8, 4) is 0 Å². The molecule has 0 heterocycles. The number of rotatable bonds is 6. The van der Waals surface area contributed by atoms with Gasteiger partial charge in [0.15, 0.2) is 0 Å². The third-order valence-corrected chi connectivity index (χ3v) is 3.32. The first-order valence-corrected chi connectivity index (χ1v) is 7.32. The molecule has 0 spiro atoms. The lowest BCUT2D eigenvalue weighted by Gasteiger charge is -2.16. The van der Waals surface area contributed by atoms with Crippen molar-refractivity contribution in [3.05, 3.63) is 23.8 Å². The molecule has 0 radical (unpaired) electrons. The average molecular weight is 270 g/mol. The standard InChI is InChI=1S/C12H18N2O3S/c1-8(5-6-18(2)17)14-11-7-9(13)3-4-10(11)12(15)16/h3-4,7-8,14H,5-6,13H2,1-2H3,(H,15,16). The Kier molecular flexibility index (Phi) is 5.15. The summed E-state index contributed by atoms with van der Waals surface area (Å²) in [7, 11) is -0.844. The first kappa shape index (κ1) is 14.5. The van der Waals surface area contributed by atoms with Crippen LogP contribution in [0.15, 0.2) is 18.2 Å². The lowest BCUT2D eigenvalue weighted by Crippen LogP contribution is -2.19. The van der Waals surface area contributed by atoms with Gasteiger partial charge in [-0.25, -0.2) is 4.79 Å². The Hall–Kier alpha value is -1.56. The molecule has 1 rings (SSSR count). The summed E-state index contributed by atoms with van der Waals surface area (Å²) in [5.74, 6) is -0.414. The minimum absolute atomic E-state index is 0.0359. The van der Waals surface area contributed by atoms with Crippen LogP contribution in [0.1, 0.15) is 23.7 Å². The molecule has 0 bridgehead atoms. The molecule has 2 unspecified atom stereocenters. The van der Waals surface area contributed by atoms with Gasteiger partial charge in [-0.1, -0.05) is 0 Å². The summed E-state index contributed by atoms with van der Waals surface area (Å²) in [6, 6.07) is 4.67. The molecule has 4 N–H and O–H groups in total. The quantitative estimate of drug-likeness (QED) is 0.682. The Bertz CT molecular complexity index is 463. The fourth-order valence-electron chi connectivity index (χ4n) is 1.55. The van der Waals surface area contributed by atoms with Gasteiger partial charge >= 0.3 is 5.97 Å². The highest BCUT2D eigenvalue weighted by molar-refractivity contribution is 7.84.